The summed E-state index contributed by atoms with van der Waals surface area (Å²) in [6, 6.07) is 6.07. The molecule has 158 valence electrons. The third-order valence-corrected chi connectivity index (χ3v) is 8.15. The van der Waals surface area contributed by atoms with Crippen molar-refractivity contribution in [2.75, 3.05) is 0 Å². The number of hydrogen-bond acceptors (Lipinski definition) is 5. The highest BCUT2D eigenvalue weighted by atomic mass is 32.2. The number of nitrogens with two attached hydrogens (primary N) is 1. The maximum Gasteiger partial charge on any atom is 0.382 e. The molecular formula is C22H29NO5S. The predicted octanol–water partition coefficient (Wildman–Crippen LogP) is 3.35. The normalized spacial score (nSPS) is 32.1. The number of ketones is 1. The van der Waals surface area contributed by atoms with Gasteiger partial charge in [0.2, 0.25) is 0 Å². The smallest absolute Gasteiger partial charge is 0.334 e. The molecule has 0 amide bonds. The predicted molar refractivity (Wildman–Crippen MR) is 108 cm³/mol. The lowest BCUT2D eigenvalue weighted by Gasteiger charge is -2.48. The summed E-state index contributed by atoms with van der Waals surface area (Å²) < 4.78 is 26.7. The van der Waals surface area contributed by atoms with Crippen LogP contribution in [0.15, 0.2) is 18.2 Å². The standard InChI is InChI=1S/C22H29NO5S/c1-3-15(21(25)28-29(23,26)27)13-4-6-16-14(12-13)5-7-18-17(16)10-11-22(2)19(18)8-9-20(22)24/h4,6,12,15,17-19H,3,5,7-11H2,1-2H3,(H2,23,26,27)/t15?,17?,18?,19?,22-/m0/s1. The van der Waals surface area contributed by atoms with Crippen LogP contribution in [-0.2, 0) is 30.5 Å². The zero-order valence-corrected chi connectivity index (χ0v) is 17.8. The molecular weight excluding hydrogens is 390 g/mol. The number of benzene rings is 1. The Morgan fingerprint density at radius 3 is 2.72 bits per heavy atom. The van der Waals surface area contributed by atoms with Crippen LogP contribution in [0.5, 0.6) is 0 Å². The van der Waals surface area contributed by atoms with E-state index < -0.39 is 22.2 Å². The van der Waals surface area contributed by atoms with Gasteiger partial charge < -0.3 is 4.18 Å². The summed E-state index contributed by atoms with van der Waals surface area (Å²) in [4.78, 5) is 24.7. The molecule has 0 bridgehead atoms. The summed E-state index contributed by atoms with van der Waals surface area (Å²) >= 11 is 0. The molecule has 5 atom stereocenters. The number of aryl methyl sites for hydroxylation is 1. The molecule has 0 saturated heterocycles. The summed E-state index contributed by atoms with van der Waals surface area (Å²) in [6.45, 7) is 3.99. The Labute approximate surface area is 172 Å². The Bertz CT molecular complexity index is 956. The Kier molecular flexibility index (Phi) is 5.10. The van der Waals surface area contributed by atoms with Gasteiger partial charge in [-0.25, -0.2) is 0 Å². The van der Waals surface area contributed by atoms with Crippen LogP contribution in [0.1, 0.15) is 80.9 Å². The van der Waals surface area contributed by atoms with E-state index >= 15 is 0 Å². The second-order valence-electron chi connectivity index (χ2n) is 9.15. The molecule has 0 radical (unpaired) electrons. The molecule has 3 aliphatic rings. The summed E-state index contributed by atoms with van der Waals surface area (Å²) in [5.41, 5.74) is 3.21. The highest BCUT2D eigenvalue weighted by Crippen LogP contribution is 2.59. The number of hydrogen-bond donors (Lipinski definition) is 1. The van der Waals surface area contributed by atoms with E-state index in [4.69, 9.17) is 5.14 Å². The lowest BCUT2D eigenvalue weighted by atomic mass is 9.55. The van der Waals surface area contributed by atoms with Gasteiger partial charge in [-0.15, -0.1) is 0 Å². The maximum absolute atomic E-state index is 12.5. The fourth-order valence-electron chi connectivity index (χ4n) is 6.30. The fraction of sp³-hybridized carbons (Fsp3) is 0.636. The van der Waals surface area contributed by atoms with Crippen LogP contribution in [0, 0.1) is 17.3 Å². The van der Waals surface area contributed by atoms with E-state index in [2.05, 4.69) is 17.2 Å². The van der Waals surface area contributed by atoms with Crippen molar-refractivity contribution in [2.45, 2.75) is 70.6 Å². The Morgan fingerprint density at radius 1 is 1.28 bits per heavy atom. The molecule has 2 N–H and O–H groups in total. The topological polar surface area (TPSA) is 104 Å². The Hall–Kier alpha value is -1.73. The molecule has 0 aliphatic heterocycles. The second-order valence-corrected chi connectivity index (χ2v) is 10.3. The monoisotopic (exact) mass is 419 g/mol. The minimum absolute atomic E-state index is 0.136. The minimum Gasteiger partial charge on any atom is -0.334 e. The molecule has 0 spiro atoms. The zero-order valence-electron chi connectivity index (χ0n) is 17.0. The number of carbonyl (C=O) groups is 2. The first-order chi connectivity index (χ1) is 13.6. The highest BCUT2D eigenvalue weighted by Gasteiger charge is 2.54. The number of rotatable bonds is 4. The molecule has 2 saturated carbocycles. The molecule has 4 unspecified atom stereocenters. The highest BCUT2D eigenvalue weighted by molar-refractivity contribution is 7.84. The van der Waals surface area contributed by atoms with Gasteiger partial charge in [-0.2, -0.15) is 13.6 Å². The molecule has 0 aromatic heterocycles. The van der Waals surface area contributed by atoms with Crippen molar-refractivity contribution in [2.24, 2.45) is 22.4 Å². The summed E-state index contributed by atoms with van der Waals surface area (Å²) in [6.07, 6.45) is 6.14. The van der Waals surface area contributed by atoms with Crippen LogP contribution in [-0.4, -0.2) is 20.2 Å². The molecule has 2 fully saturated rings. The van der Waals surface area contributed by atoms with Gasteiger partial charge >= 0.3 is 16.3 Å². The van der Waals surface area contributed by atoms with Crippen molar-refractivity contribution in [1.82, 2.24) is 0 Å². The first-order valence-electron chi connectivity index (χ1n) is 10.6. The molecule has 3 aliphatic carbocycles. The maximum atomic E-state index is 12.5. The van der Waals surface area contributed by atoms with Gasteiger partial charge in [0.1, 0.15) is 5.78 Å². The first kappa shape index (κ1) is 20.5. The third-order valence-electron chi connectivity index (χ3n) is 7.75. The van der Waals surface area contributed by atoms with E-state index in [9.17, 15) is 18.0 Å². The van der Waals surface area contributed by atoms with Crippen LogP contribution in [0.25, 0.3) is 0 Å². The fourth-order valence-corrected chi connectivity index (χ4v) is 6.65. The molecule has 1 aromatic rings. The van der Waals surface area contributed by atoms with E-state index in [-0.39, 0.29) is 5.41 Å². The van der Waals surface area contributed by atoms with Gasteiger partial charge in [0.05, 0.1) is 5.92 Å². The van der Waals surface area contributed by atoms with Crippen molar-refractivity contribution >= 4 is 22.1 Å². The van der Waals surface area contributed by atoms with Crippen molar-refractivity contribution in [1.29, 1.82) is 0 Å². The van der Waals surface area contributed by atoms with E-state index in [1.165, 1.54) is 11.1 Å². The lowest BCUT2D eigenvalue weighted by Crippen LogP contribution is -2.42. The van der Waals surface area contributed by atoms with Crippen LogP contribution in [0.4, 0.5) is 0 Å². The molecule has 1 aromatic carbocycles. The van der Waals surface area contributed by atoms with E-state index in [1.54, 1.807) is 0 Å². The van der Waals surface area contributed by atoms with Crippen LogP contribution >= 0.6 is 0 Å². The molecule has 0 heterocycles. The van der Waals surface area contributed by atoms with Gasteiger partial charge in [0.15, 0.2) is 0 Å². The van der Waals surface area contributed by atoms with Crippen molar-refractivity contribution in [3.8, 4) is 0 Å². The summed E-state index contributed by atoms with van der Waals surface area (Å²) in [7, 11) is -4.32. The van der Waals surface area contributed by atoms with E-state index in [0.717, 1.165) is 44.1 Å². The summed E-state index contributed by atoms with van der Waals surface area (Å²) in [5.74, 6) is 0.456. The van der Waals surface area contributed by atoms with E-state index in [0.29, 0.717) is 30.0 Å². The SMILES string of the molecule is CCC(C(=O)OS(N)(=O)=O)c1ccc2c(c1)CCC1C2CC[C@]2(C)C(=O)CCC12. The van der Waals surface area contributed by atoms with E-state index in [1.807, 2.05) is 19.1 Å². The van der Waals surface area contributed by atoms with Gasteiger partial charge in [-0.1, -0.05) is 32.0 Å². The molecule has 4 rings (SSSR count). The average Bonchev–Trinajstić information content (AvgIpc) is 2.95. The molecule has 29 heavy (non-hydrogen) atoms. The minimum atomic E-state index is -4.32. The second kappa shape index (κ2) is 7.20. The van der Waals surface area contributed by atoms with Crippen LogP contribution < -0.4 is 5.14 Å². The quantitative estimate of drug-likeness (QED) is 0.806. The zero-order chi connectivity index (χ0) is 21.0. The van der Waals surface area contributed by atoms with Gasteiger partial charge in [0, 0.05) is 11.8 Å². The number of fused-ring (bicyclic) bond motifs is 5. The van der Waals surface area contributed by atoms with Gasteiger partial charge in [0.25, 0.3) is 0 Å². The number of carbonyl (C=O) groups excluding carboxylic acids is 2. The van der Waals surface area contributed by atoms with Crippen LogP contribution in [0.3, 0.4) is 0 Å². The summed E-state index contributed by atoms with van der Waals surface area (Å²) in [5, 5.41) is 4.86. The van der Waals surface area contributed by atoms with Crippen molar-refractivity contribution < 1.29 is 22.2 Å². The van der Waals surface area contributed by atoms with Crippen molar-refractivity contribution in [3.05, 3.63) is 34.9 Å². The van der Waals surface area contributed by atoms with Gasteiger partial charge in [-0.3, -0.25) is 9.59 Å². The number of Topliss-reactive ketones (excluding diaryl/α,β-unsaturated/α-hetero) is 1. The third kappa shape index (κ3) is 3.52. The van der Waals surface area contributed by atoms with Crippen LogP contribution in [0.2, 0.25) is 0 Å². The molecule has 6 nitrogen and oxygen atoms in total. The largest absolute Gasteiger partial charge is 0.382 e. The average molecular weight is 420 g/mol. The first-order valence-corrected chi connectivity index (χ1v) is 12.0. The lowest BCUT2D eigenvalue weighted by molar-refractivity contribution is -0.135. The van der Waals surface area contributed by atoms with Gasteiger partial charge in [-0.05, 0) is 73.0 Å². The van der Waals surface area contributed by atoms with Crippen molar-refractivity contribution in [3.63, 3.8) is 0 Å². The Morgan fingerprint density at radius 2 is 2.03 bits per heavy atom. The molecule has 7 heteroatoms. The Balaban J connectivity index is 1.60.